The molecule has 0 bridgehead atoms. The summed E-state index contributed by atoms with van der Waals surface area (Å²) in [4.78, 5) is 11.7. The highest BCUT2D eigenvalue weighted by Gasteiger charge is 2.16. The van der Waals surface area contributed by atoms with Gasteiger partial charge < -0.3 is 10.1 Å². The zero-order chi connectivity index (χ0) is 13.5. The van der Waals surface area contributed by atoms with Crippen molar-refractivity contribution in [2.75, 3.05) is 23.9 Å². The number of hydrogen-bond acceptors (Lipinski definition) is 4. The summed E-state index contributed by atoms with van der Waals surface area (Å²) in [7, 11) is 0. The summed E-state index contributed by atoms with van der Waals surface area (Å²) < 4.78 is 5.13. The molecular formula is C13H18ClNO2S. The SMILES string of the molecule is CSCCOC(=O)[C@H](C)Nc1c(C)cccc1Cl. The van der Waals surface area contributed by atoms with Crippen molar-refractivity contribution in [1.82, 2.24) is 0 Å². The van der Waals surface area contributed by atoms with E-state index in [4.69, 9.17) is 16.3 Å². The average molecular weight is 288 g/mol. The minimum absolute atomic E-state index is 0.261. The molecule has 3 nitrogen and oxygen atoms in total. The Morgan fingerprint density at radius 1 is 1.56 bits per heavy atom. The zero-order valence-electron chi connectivity index (χ0n) is 10.8. The number of thioether (sulfide) groups is 1. The first-order valence-corrected chi connectivity index (χ1v) is 7.50. The number of ether oxygens (including phenoxy) is 1. The molecule has 1 aromatic carbocycles. The van der Waals surface area contributed by atoms with E-state index < -0.39 is 6.04 Å². The molecule has 0 radical (unpaired) electrons. The number of rotatable bonds is 6. The number of benzene rings is 1. The number of halogens is 1. The topological polar surface area (TPSA) is 38.3 Å². The molecule has 0 spiro atoms. The van der Waals surface area contributed by atoms with Crippen LogP contribution in [0.1, 0.15) is 12.5 Å². The van der Waals surface area contributed by atoms with Crippen molar-refractivity contribution in [3.8, 4) is 0 Å². The van der Waals surface area contributed by atoms with Gasteiger partial charge in [-0.05, 0) is 31.7 Å². The Hall–Kier alpha value is -0.870. The normalized spacial score (nSPS) is 12.0. The standard InChI is InChI=1S/C13H18ClNO2S/c1-9-5-4-6-11(14)12(9)15-10(2)13(16)17-7-8-18-3/h4-6,10,15H,7-8H2,1-3H3/t10-/m0/s1. The Kier molecular flexibility index (Phi) is 6.36. The van der Waals surface area contributed by atoms with E-state index in [2.05, 4.69) is 5.32 Å². The summed E-state index contributed by atoms with van der Waals surface area (Å²) in [6, 6.07) is 5.21. The zero-order valence-corrected chi connectivity index (χ0v) is 12.4. The molecule has 0 saturated heterocycles. The van der Waals surface area contributed by atoms with E-state index in [1.54, 1.807) is 24.8 Å². The molecule has 0 aliphatic rings. The summed E-state index contributed by atoms with van der Waals surface area (Å²) in [5.74, 6) is 0.548. The Morgan fingerprint density at radius 3 is 2.89 bits per heavy atom. The molecule has 1 rings (SSSR count). The maximum atomic E-state index is 11.7. The van der Waals surface area contributed by atoms with Crippen LogP contribution in [-0.2, 0) is 9.53 Å². The average Bonchev–Trinajstić information content (AvgIpc) is 2.34. The summed E-state index contributed by atoms with van der Waals surface area (Å²) in [5.41, 5.74) is 1.79. The van der Waals surface area contributed by atoms with Crippen LogP contribution >= 0.6 is 23.4 Å². The maximum Gasteiger partial charge on any atom is 0.328 e. The molecular weight excluding hydrogens is 270 g/mol. The largest absolute Gasteiger partial charge is 0.463 e. The van der Waals surface area contributed by atoms with E-state index in [1.165, 1.54) is 0 Å². The highest BCUT2D eigenvalue weighted by atomic mass is 35.5. The lowest BCUT2D eigenvalue weighted by atomic mass is 10.2. The quantitative estimate of drug-likeness (QED) is 0.643. The van der Waals surface area contributed by atoms with Gasteiger partial charge in [0, 0.05) is 5.75 Å². The molecule has 0 unspecified atom stereocenters. The highest BCUT2D eigenvalue weighted by Crippen LogP contribution is 2.25. The van der Waals surface area contributed by atoms with Gasteiger partial charge in [-0.1, -0.05) is 23.7 Å². The molecule has 18 heavy (non-hydrogen) atoms. The lowest BCUT2D eigenvalue weighted by Crippen LogP contribution is -2.29. The molecule has 1 atom stereocenters. The van der Waals surface area contributed by atoms with Crippen molar-refractivity contribution in [2.24, 2.45) is 0 Å². The molecule has 0 aromatic heterocycles. The maximum absolute atomic E-state index is 11.7. The number of carbonyl (C=O) groups is 1. The lowest BCUT2D eigenvalue weighted by molar-refractivity contribution is -0.143. The van der Waals surface area contributed by atoms with E-state index in [-0.39, 0.29) is 5.97 Å². The molecule has 0 aliphatic heterocycles. The van der Waals surface area contributed by atoms with E-state index in [9.17, 15) is 4.79 Å². The van der Waals surface area contributed by atoms with Crippen LogP contribution in [0, 0.1) is 6.92 Å². The third kappa shape index (κ3) is 4.42. The van der Waals surface area contributed by atoms with Crippen molar-refractivity contribution >= 4 is 35.0 Å². The first-order valence-electron chi connectivity index (χ1n) is 5.73. The minimum atomic E-state index is -0.412. The second kappa shape index (κ2) is 7.54. The van der Waals surface area contributed by atoms with Gasteiger partial charge in [0.2, 0.25) is 0 Å². The highest BCUT2D eigenvalue weighted by molar-refractivity contribution is 7.98. The first kappa shape index (κ1) is 15.2. The summed E-state index contributed by atoms with van der Waals surface area (Å²) >= 11 is 7.73. The van der Waals surface area contributed by atoms with Gasteiger partial charge >= 0.3 is 5.97 Å². The Morgan fingerprint density at radius 2 is 2.28 bits per heavy atom. The fourth-order valence-electron chi connectivity index (χ4n) is 1.44. The number of para-hydroxylation sites is 1. The smallest absolute Gasteiger partial charge is 0.328 e. The number of nitrogens with one attached hydrogen (secondary N) is 1. The Bertz CT molecular complexity index is 392. The van der Waals surface area contributed by atoms with Crippen LogP contribution in [0.3, 0.4) is 0 Å². The first-order chi connectivity index (χ1) is 8.56. The molecule has 0 saturated carbocycles. The number of anilines is 1. The van der Waals surface area contributed by atoms with Gasteiger partial charge in [0.05, 0.1) is 10.7 Å². The van der Waals surface area contributed by atoms with Crippen molar-refractivity contribution < 1.29 is 9.53 Å². The predicted molar refractivity (Wildman–Crippen MR) is 78.6 cm³/mol. The third-order valence-corrected chi connectivity index (χ3v) is 3.36. The molecule has 5 heteroatoms. The molecule has 0 fully saturated rings. The lowest BCUT2D eigenvalue weighted by Gasteiger charge is -2.17. The van der Waals surface area contributed by atoms with Crippen LogP contribution in [0.4, 0.5) is 5.69 Å². The van der Waals surface area contributed by atoms with Crippen LogP contribution in [0.5, 0.6) is 0 Å². The number of esters is 1. The van der Waals surface area contributed by atoms with Crippen LogP contribution in [0.25, 0.3) is 0 Å². The molecule has 0 heterocycles. The monoisotopic (exact) mass is 287 g/mol. The van der Waals surface area contributed by atoms with Crippen LogP contribution in [0.15, 0.2) is 18.2 Å². The Balaban J connectivity index is 2.58. The molecule has 100 valence electrons. The molecule has 1 N–H and O–H groups in total. The summed E-state index contributed by atoms with van der Waals surface area (Å²) in [6.45, 7) is 4.15. The van der Waals surface area contributed by atoms with E-state index in [0.717, 1.165) is 17.0 Å². The van der Waals surface area contributed by atoms with E-state index in [0.29, 0.717) is 11.6 Å². The fourth-order valence-corrected chi connectivity index (χ4v) is 1.97. The van der Waals surface area contributed by atoms with Crippen LogP contribution in [-0.4, -0.2) is 30.6 Å². The molecule has 0 aliphatic carbocycles. The second-order valence-corrected chi connectivity index (χ2v) is 5.35. The summed E-state index contributed by atoms with van der Waals surface area (Å²) in [6.07, 6.45) is 1.97. The number of aryl methyl sites for hydroxylation is 1. The van der Waals surface area contributed by atoms with E-state index >= 15 is 0 Å². The molecule has 0 amide bonds. The van der Waals surface area contributed by atoms with Crippen molar-refractivity contribution in [3.05, 3.63) is 28.8 Å². The number of carbonyl (C=O) groups excluding carboxylic acids is 1. The second-order valence-electron chi connectivity index (χ2n) is 3.96. The van der Waals surface area contributed by atoms with Crippen molar-refractivity contribution in [2.45, 2.75) is 19.9 Å². The fraction of sp³-hybridized carbons (Fsp3) is 0.462. The molecule has 1 aromatic rings. The van der Waals surface area contributed by atoms with Gasteiger partial charge in [-0.3, -0.25) is 0 Å². The Labute approximate surface area is 117 Å². The van der Waals surface area contributed by atoms with E-state index in [1.807, 2.05) is 25.3 Å². The van der Waals surface area contributed by atoms with Crippen LogP contribution in [0.2, 0.25) is 5.02 Å². The number of hydrogen-bond donors (Lipinski definition) is 1. The van der Waals surface area contributed by atoms with Crippen LogP contribution < -0.4 is 5.32 Å². The van der Waals surface area contributed by atoms with Gasteiger partial charge in [0.25, 0.3) is 0 Å². The van der Waals surface area contributed by atoms with Gasteiger partial charge in [-0.2, -0.15) is 11.8 Å². The van der Waals surface area contributed by atoms with Crippen molar-refractivity contribution in [1.29, 1.82) is 0 Å². The van der Waals surface area contributed by atoms with Gasteiger partial charge in [0.1, 0.15) is 12.6 Å². The van der Waals surface area contributed by atoms with Gasteiger partial charge in [-0.15, -0.1) is 0 Å². The minimum Gasteiger partial charge on any atom is -0.463 e. The van der Waals surface area contributed by atoms with Gasteiger partial charge in [0.15, 0.2) is 0 Å². The van der Waals surface area contributed by atoms with Crippen molar-refractivity contribution in [3.63, 3.8) is 0 Å². The third-order valence-electron chi connectivity index (χ3n) is 2.47. The predicted octanol–water partition coefficient (Wildman–Crippen LogP) is 3.36. The van der Waals surface area contributed by atoms with Gasteiger partial charge in [-0.25, -0.2) is 4.79 Å². The summed E-state index contributed by atoms with van der Waals surface area (Å²) in [5, 5.41) is 3.70.